The summed E-state index contributed by atoms with van der Waals surface area (Å²) in [6.45, 7) is 2.79. The Morgan fingerprint density at radius 1 is 1.35 bits per heavy atom. The number of rotatable bonds is 6. The number of aliphatic hydroxyl groups excluding tert-OH is 1. The van der Waals surface area contributed by atoms with E-state index >= 15 is 0 Å². The molecule has 0 aliphatic heterocycles. The Balaban J connectivity index is 1.75. The van der Waals surface area contributed by atoms with Crippen molar-refractivity contribution in [3.05, 3.63) is 34.9 Å². The molecule has 0 amide bonds. The molecule has 0 radical (unpaired) electrons. The molecule has 3 heteroatoms. The fourth-order valence-electron chi connectivity index (χ4n) is 2.05. The summed E-state index contributed by atoms with van der Waals surface area (Å²) in [6, 6.07) is 7.87. The lowest BCUT2D eigenvalue weighted by molar-refractivity contribution is 0.169. The summed E-state index contributed by atoms with van der Waals surface area (Å²) in [5.41, 5.74) is 0.917. The number of aliphatic hydroxyl groups is 1. The molecule has 2 unspecified atom stereocenters. The van der Waals surface area contributed by atoms with Crippen molar-refractivity contribution in [1.29, 1.82) is 0 Å². The highest BCUT2D eigenvalue weighted by Crippen LogP contribution is 2.33. The Labute approximate surface area is 108 Å². The highest BCUT2D eigenvalue weighted by Gasteiger charge is 2.23. The number of hydrogen-bond acceptors (Lipinski definition) is 2. The van der Waals surface area contributed by atoms with E-state index in [9.17, 15) is 5.11 Å². The van der Waals surface area contributed by atoms with E-state index in [1.165, 1.54) is 19.3 Å². The Hall–Kier alpha value is -0.570. The predicted molar refractivity (Wildman–Crippen MR) is 71.2 cm³/mol. The summed E-state index contributed by atoms with van der Waals surface area (Å²) in [5.74, 6) is 0.921. The van der Waals surface area contributed by atoms with Crippen LogP contribution in [0.4, 0.5) is 0 Å². The molecular weight excluding hydrogens is 234 g/mol. The van der Waals surface area contributed by atoms with E-state index < -0.39 is 6.10 Å². The van der Waals surface area contributed by atoms with Gasteiger partial charge in [-0.1, -0.05) is 36.6 Å². The maximum absolute atomic E-state index is 10.0. The van der Waals surface area contributed by atoms with Gasteiger partial charge in [-0.2, -0.15) is 0 Å². The first-order valence-electron chi connectivity index (χ1n) is 6.32. The molecule has 0 aromatic heterocycles. The van der Waals surface area contributed by atoms with E-state index in [0.717, 1.165) is 11.5 Å². The maximum Gasteiger partial charge on any atom is 0.0914 e. The second-order valence-corrected chi connectivity index (χ2v) is 5.49. The second-order valence-electron chi connectivity index (χ2n) is 5.06. The Kier molecular flexibility index (Phi) is 4.43. The van der Waals surface area contributed by atoms with Crippen LogP contribution in [0.1, 0.15) is 37.9 Å². The standard InChI is InChI=1S/C14H20ClNO/c1-10(8-11-2-3-11)16-9-14(17)12-4-6-13(15)7-5-12/h4-7,10-11,14,16-17H,2-3,8-9H2,1H3. The van der Waals surface area contributed by atoms with Crippen LogP contribution in [0.3, 0.4) is 0 Å². The topological polar surface area (TPSA) is 32.3 Å². The molecule has 0 spiro atoms. The highest BCUT2D eigenvalue weighted by atomic mass is 35.5. The number of benzene rings is 1. The predicted octanol–water partition coefficient (Wildman–Crippen LogP) is 3.15. The van der Waals surface area contributed by atoms with Gasteiger partial charge in [0.2, 0.25) is 0 Å². The van der Waals surface area contributed by atoms with Crippen molar-refractivity contribution in [1.82, 2.24) is 5.32 Å². The number of hydrogen-bond donors (Lipinski definition) is 2. The molecule has 2 atom stereocenters. The Bertz CT molecular complexity index is 348. The molecule has 1 aliphatic rings. The SMILES string of the molecule is CC(CC1CC1)NCC(O)c1ccc(Cl)cc1. The van der Waals surface area contributed by atoms with Crippen LogP contribution in [0.25, 0.3) is 0 Å². The molecule has 17 heavy (non-hydrogen) atoms. The van der Waals surface area contributed by atoms with Crippen molar-refractivity contribution in [2.75, 3.05) is 6.54 Å². The van der Waals surface area contributed by atoms with Crippen LogP contribution in [0, 0.1) is 5.92 Å². The molecule has 0 bridgehead atoms. The molecule has 2 rings (SSSR count). The van der Waals surface area contributed by atoms with Crippen molar-refractivity contribution >= 4 is 11.6 Å². The number of nitrogens with one attached hydrogen (secondary N) is 1. The average molecular weight is 254 g/mol. The van der Waals surface area contributed by atoms with Crippen LogP contribution in [0.5, 0.6) is 0 Å². The summed E-state index contributed by atoms with van der Waals surface area (Å²) in [7, 11) is 0. The fraction of sp³-hybridized carbons (Fsp3) is 0.571. The summed E-state index contributed by atoms with van der Waals surface area (Å²) in [6.07, 6.45) is 3.54. The van der Waals surface area contributed by atoms with Crippen molar-refractivity contribution in [3.8, 4) is 0 Å². The number of halogens is 1. The largest absolute Gasteiger partial charge is 0.387 e. The van der Waals surface area contributed by atoms with Gasteiger partial charge in [-0.3, -0.25) is 0 Å². The molecular formula is C14H20ClNO. The smallest absolute Gasteiger partial charge is 0.0914 e. The van der Waals surface area contributed by atoms with E-state index in [1.807, 2.05) is 24.3 Å². The third-order valence-electron chi connectivity index (χ3n) is 3.30. The van der Waals surface area contributed by atoms with E-state index in [-0.39, 0.29) is 0 Å². The van der Waals surface area contributed by atoms with Crippen molar-refractivity contribution in [2.24, 2.45) is 5.92 Å². The van der Waals surface area contributed by atoms with Gasteiger partial charge in [0.25, 0.3) is 0 Å². The summed E-state index contributed by atoms with van der Waals surface area (Å²) in [4.78, 5) is 0. The van der Waals surface area contributed by atoms with Crippen LogP contribution in [-0.2, 0) is 0 Å². The summed E-state index contributed by atoms with van der Waals surface area (Å²) >= 11 is 5.81. The average Bonchev–Trinajstić information content (AvgIpc) is 3.11. The maximum atomic E-state index is 10.0. The minimum Gasteiger partial charge on any atom is -0.387 e. The van der Waals surface area contributed by atoms with Gasteiger partial charge < -0.3 is 10.4 Å². The van der Waals surface area contributed by atoms with E-state index in [1.54, 1.807) is 0 Å². The van der Waals surface area contributed by atoms with Crippen LogP contribution in [0.2, 0.25) is 5.02 Å². The Morgan fingerprint density at radius 2 is 2.00 bits per heavy atom. The molecule has 0 heterocycles. The quantitative estimate of drug-likeness (QED) is 0.816. The van der Waals surface area contributed by atoms with Gasteiger partial charge in [-0.05, 0) is 37.0 Å². The highest BCUT2D eigenvalue weighted by molar-refractivity contribution is 6.30. The first-order valence-corrected chi connectivity index (χ1v) is 6.70. The van der Waals surface area contributed by atoms with Crippen LogP contribution >= 0.6 is 11.6 Å². The van der Waals surface area contributed by atoms with Gasteiger partial charge in [0, 0.05) is 17.6 Å². The lowest BCUT2D eigenvalue weighted by Crippen LogP contribution is -2.30. The van der Waals surface area contributed by atoms with Crippen molar-refractivity contribution in [2.45, 2.75) is 38.3 Å². The third kappa shape index (κ3) is 4.30. The molecule has 94 valence electrons. The minimum atomic E-state index is -0.450. The van der Waals surface area contributed by atoms with Crippen LogP contribution in [-0.4, -0.2) is 17.7 Å². The molecule has 2 nitrogen and oxygen atoms in total. The summed E-state index contributed by atoms with van der Waals surface area (Å²) < 4.78 is 0. The molecule has 1 fully saturated rings. The zero-order valence-electron chi connectivity index (χ0n) is 10.2. The lowest BCUT2D eigenvalue weighted by Gasteiger charge is -2.17. The van der Waals surface area contributed by atoms with Crippen LogP contribution in [0.15, 0.2) is 24.3 Å². The van der Waals surface area contributed by atoms with Crippen molar-refractivity contribution in [3.63, 3.8) is 0 Å². The first kappa shape index (κ1) is 12.9. The summed E-state index contributed by atoms with van der Waals surface area (Å²) in [5, 5.41) is 14.1. The van der Waals surface area contributed by atoms with Gasteiger partial charge in [-0.25, -0.2) is 0 Å². The van der Waals surface area contributed by atoms with Gasteiger partial charge in [0.1, 0.15) is 0 Å². The molecule has 1 aliphatic carbocycles. The van der Waals surface area contributed by atoms with Gasteiger partial charge in [0.15, 0.2) is 0 Å². The molecule has 1 aromatic carbocycles. The van der Waals surface area contributed by atoms with Gasteiger partial charge in [0.05, 0.1) is 6.10 Å². The van der Waals surface area contributed by atoms with Gasteiger partial charge >= 0.3 is 0 Å². The molecule has 1 aromatic rings. The second kappa shape index (κ2) is 5.85. The zero-order valence-corrected chi connectivity index (χ0v) is 11.0. The lowest BCUT2D eigenvalue weighted by atomic mass is 10.1. The molecule has 2 N–H and O–H groups in total. The third-order valence-corrected chi connectivity index (χ3v) is 3.55. The van der Waals surface area contributed by atoms with E-state index in [0.29, 0.717) is 17.6 Å². The van der Waals surface area contributed by atoms with Crippen molar-refractivity contribution < 1.29 is 5.11 Å². The molecule has 0 saturated heterocycles. The van der Waals surface area contributed by atoms with E-state index in [2.05, 4.69) is 12.2 Å². The molecule has 1 saturated carbocycles. The van der Waals surface area contributed by atoms with E-state index in [4.69, 9.17) is 11.6 Å². The normalized spacial score (nSPS) is 19.0. The first-order chi connectivity index (χ1) is 8.15. The monoisotopic (exact) mass is 253 g/mol. The Morgan fingerprint density at radius 3 is 2.59 bits per heavy atom. The zero-order chi connectivity index (χ0) is 12.3. The van der Waals surface area contributed by atoms with Gasteiger partial charge in [-0.15, -0.1) is 0 Å². The minimum absolute atomic E-state index is 0.450. The fourth-order valence-corrected chi connectivity index (χ4v) is 2.18. The van der Waals surface area contributed by atoms with Crippen LogP contribution < -0.4 is 5.32 Å².